The van der Waals surface area contributed by atoms with Crippen LogP contribution < -0.4 is 0 Å². The largest absolute Gasteiger partial charge is 0.302 e. The first kappa shape index (κ1) is 10.5. The Bertz CT molecular complexity index is 189. The SMILES string of the molecule is C=CCCCN1CCC(=O)C(C)C1. The van der Waals surface area contributed by atoms with Crippen LogP contribution in [0.4, 0.5) is 0 Å². The van der Waals surface area contributed by atoms with E-state index < -0.39 is 0 Å². The number of piperidine rings is 1. The second-order valence-corrected chi connectivity index (χ2v) is 3.85. The van der Waals surface area contributed by atoms with Crippen molar-refractivity contribution in [2.75, 3.05) is 19.6 Å². The van der Waals surface area contributed by atoms with Crippen molar-refractivity contribution >= 4 is 5.78 Å². The molecular weight excluding hydrogens is 162 g/mol. The third kappa shape index (κ3) is 3.31. The van der Waals surface area contributed by atoms with E-state index in [1.807, 2.05) is 13.0 Å². The molecule has 74 valence electrons. The van der Waals surface area contributed by atoms with Crippen LogP contribution in [0.15, 0.2) is 12.7 Å². The van der Waals surface area contributed by atoms with Crippen molar-refractivity contribution in [2.24, 2.45) is 5.92 Å². The molecule has 0 N–H and O–H groups in total. The van der Waals surface area contributed by atoms with E-state index in [1.165, 1.54) is 6.42 Å². The first-order valence-corrected chi connectivity index (χ1v) is 5.10. The lowest BCUT2D eigenvalue weighted by Crippen LogP contribution is -2.39. The Labute approximate surface area is 80.6 Å². The summed E-state index contributed by atoms with van der Waals surface area (Å²) in [5.41, 5.74) is 0. The highest BCUT2D eigenvalue weighted by Gasteiger charge is 2.22. The van der Waals surface area contributed by atoms with Crippen molar-refractivity contribution in [3.05, 3.63) is 12.7 Å². The van der Waals surface area contributed by atoms with E-state index in [4.69, 9.17) is 0 Å². The number of nitrogens with zero attached hydrogens (tertiary/aromatic N) is 1. The van der Waals surface area contributed by atoms with Gasteiger partial charge in [-0.05, 0) is 19.4 Å². The number of unbranched alkanes of at least 4 members (excludes halogenated alkanes) is 1. The highest BCUT2D eigenvalue weighted by Crippen LogP contribution is 2.12. The molecule has 13 heavy (non-hydrogen) atoms. The molecule has 0 spiro atoms. The van der Waals surface area contributed by atoms with Crippen molar-refractivity contribution in [2.45, 2.75) is 26.2 Å². The molecule has 0 radical (unpaired) electrons. The summed E-state index contributed by atoms with van der Waals surface area (Å²) in [5.74, 6) is 0.678. The van der Waals surface area contributed by atoms with Crippen LogP contribution >= 0.6 is 0 Å². The van der Waals surface area contributed by atoms with Crippen LogP contribution in [-0.2, 0) is 4.79 Å². The smallest absolute Gasteiger partial charge is 0.138 e. The average Bonchev–Trinajstić information content (AvgIpc) is 2.12. The normalized spacial score (nSPS) is 24.7. The van der Waals surface area contributed by atoms with E-state index in [0.29, 0.717) is 5.78 Å². The predicted octanol–water partition coefficient (Wildman–Crippen LogP) is 1.86. The van der Waals surface area contributed by atoms with Gasteiger partial charge in [-0.25, -0.2) is 0 Å². The average molecular weight is 181 g/mol. The van der Waals surface area contributed by atoms with Gasteiger partial charge in [0.15, 0.2) is 0 Å². The molecule has 0 aromatic heterocycles. The second-order valence-electron chi connectivity index (χ2n) is 3.85. The van der Waals surface area contributed by atoms with Gasteiger partial charge >= 0.3 is 0 Å². The van der Waals surface area contributed by atoms with Crippen LogP contribution in [0.2, 0.25) is 0 Å². The van der Waals surface area contributed by atoms with E-state index >= 15 is 0 Å². The number of likely N-dealkylation sites (tertiary alicyclic amines) is 1. The van der Waals surface area contributed by atoms with E-state index in [-0.39, 0.29) is 5.92 Å². The summed E-state index contributed by atoms with van der Waals surface area (Å²) in [6, 6.07) is 0. The molecule has 2 nitrogen and oxygen atoms in total. The number of carbonyl (C=O) groups is 1. The number of carbonyl (C=O) groups excluding carboxylic acids is 1. The lowest BCUT2D eigenvalue weighted by atomic mass is 9.98. The Balaban J connectivity index is 2.21. The van der Waals surface area contributed by atoms with E-state index in [0.717, 1.165) is 32.5 Å². The minimum absolute atomic E-state index is 0.248. The van der Waals surface area contributed by atoms with Crippen LogP contribution in [0.5, 0.6) is 0 Å². The summed E-state index contributed by atoms with van der Waals surface area (Å²) < 4.78 is 0. The maximum Gasteiger partial charge on any atom is 0.138 e. The van der Waals surface area contributed by atoms with E-state index in [1.54, 1.807) is 0 Å². The van der Waals surface area contributed by atoms with Crippen LogP contribution in [0.1, 0.15) is 26.2 Å². The first-order chi connectivity index (χ1) is 6.24. The van der Waals surface area contributed by atoms with E-state index in [2.05, 4.69) is 11.5 Å². The number of Topliss-reactive ketones (excluding diaryl/α,β-unsaturated/α-hetero) is 1. The Morgan fingerprint density at radius 2 is 2.46 bits per heavy atom. The Morgan fingerprint density at radius 1 is 1.69 bits per heavy atom. The Hall–Kier alpha value is -0.630. The second kappa shape index (κ2) is 5.18. The standard InChI is InChI=1S/C11H19NO/c1-3-4-5-7-12-8-6-11(13)10(2)9-12/h3,10H,1,4-9H2,2H3. The molecule has 0 aliphatic carbocycles. The monoisotopic (exact) mass is 181 g/mol. The van der Waals surface area contributed by atoms with Gasteiger partial charge in [-0.15, -0.1) is 6.58 Å². The van der Waals surface area contributed by atoms with Crippen molar-refractivity contribution in [3.63, 3.8) is 0 Å². The molecule has 2 heteroatoms. The molecule has 1 rings (SSSR count). The maximum absolute atomic E-state index is 11.2. The Kier molecular flexibility index (Phi) is 4.16. The number of allylic oxidation sites excluding steroid dienone is 1. The predicted molar refractivity (Wildman–Crippen MR) is 54.7 cm³/mol. The molecule has 1 aliphatic rings. The van der Waals surface area contributed by atoms with Crippen LogP contribution in [-0.4, -0.2) is 30.3 Å². The summed E-state index contributed by atoms with van der Waals surface area (Å²) in [6.07, 6.45) is 4.96. The summed E-state index contributed by atoms with van der Waals surface area (Å²) in [7, 11) is 0. The van der Waals surface area contributed by atoms with Gasteiger partial charge in [0.1, 0.15) is 5.78 Å². The highest BCUT2D eigenvalue weighted by molar-refractivity contribution is 5.81. The third-order valence-corrected chi connectivity index (χ3v) is 2.64. The molecule has 1 fully saturated rings. The number of ketones is 1. The fourth-order valence-electron chi connectivity index (χ4n) is 1.76. The minimum atomic E-state index is 0.248. The summed E-state index contributed by atoms with van der Waals surface area (Å²) in [5, 5.41) is 0. The molecule has 1 aliphatic heterocycles. The lowest BCUT2D eigenvalue weighted by Gasteiger charge is -2.29. The zero-order chi connectivity index (χ0) is 9.68. The fourth-order valence-corrected chi connectivity index (χ4v) is 1.76. The van der Waals surface area contributed by atoms with Gasteiger partial charge in [0.05, 0.1) is 0 Å². The fraction of sp³-hybridized carbons (Fsp3) is 0.727. The number of rotatable bonds is 4. The number of hydrogen-bond donors (Lipinski definition) is 0. The van der Waals surface area contributed by atoms with Crippen molar-refractivity contribution in [1.29, 1.82) is 0 Å². The van der Waals surface area contributed by atoms with Gasteiger partial charge in [-0.2, -0.15) is 0 Å². The topological polar surface area (TPSA) is 20.3 Å². The van der Waals surface area contributed by atoms with Gasteiger partial charge in [0, 0.05) is 25.4 Å². The molecule has 1 heterocycles. The molecule has 0 saturated carbocycles. The van der Waals surface area contributed by atoms with Crippen LogP contribution in [0.3, 0.4) is 0 Å². The van der Waals surface area contributed by atoms with Gasteiger partial charge in [0.25, 0.3) is 0 Å². The summed E-state index contributed by atoms with van der Waals surface area (Å²) >= 11 is 0. The Morgan fingerprint density at radius 3 is 3.08 bits per heavy atom. The molecular formula is C11H19NO. The summed E-state index contributed by atoms with van der Waals surface area (Å²) in [4.78, 5) is 13.6. The van der Waals surface area contributed by atoms with Gasteiger partial charge < -0.3 is 4.90 Å². The molecule has 0 amide bonds. The van der Waals surface area contributed by atoms with Gasteiger partial charge in [0.2, 0.25) is 0 Å². The zero-order valence-electron chi connectivity index (χ0n) is 8.46. The van der Waals surface area contributed by atoms with Crippen molar-refractivity contribution < 1.29 is 4.79 Å². The zero-order valence-corrected chi connectivity index (χ0v) is 8.46. The molecule has 1 saturated heterocycles. The quantitative estimate of drug-likeness (QED) is 0.487. The first-order valence-electron chi connectivity index (χ1n) is 5.10. The van der Waals surface area contributed by atoms with Crippen LogP contribution in [0.25, 0.3) is 0 Å². The van der Waals surface area contributed by atoms with Crippen molar-refractivity contribution in [3.8, 4) is 0 Å². The van der Waals surface area contributed by atoms with E-state index in [9.17, 15) is 4.79 Å². The van der Waals surface area contributed by atoms with Crippen LogP contribution in [0, 0.1) is 5.92 Å². The van der Waals surface area contributed by atoms with Gasteiger partial charge in [-0.3, -0.25) is 4.79 Å². The molecule has 0 aromatic carbocycles. The number of hydrogen-bond acceptors (Lipinski definition) is 2. The summed E-state index contributed by atoms with van der Waals surface area (Å²) in [6.45, 7) is 8.76. The third-order valence-electron chi connectivity index (χ3n) is 2.64. The molecule has 1 atom stereocenters. The van der Waals surface area contributed by atoms with Gasteiger partial charge in [-0.1, -0.05) is 13.0 Å². The molecule has 0 bridgehead atoms. The maximum atomic E-state index is 11.2. The lowest BCUT2D eigenvalue weighted by molar-refractivity contribution is -0.125. The minimum Gasteiger partial charge on any atom is -0.302 e. The van der Waals surface area contributed by atoms with Crippen molar-refractivity contribution in [1.82, 2.24) is 4.90 Å². The molecule has 0 aromatic rings. The molecule has 1 unspecified atom stereocenters. The highest BCUT2D eigenvalue weighted by atomic mass is 16.1.